The number of nitrogens with zero attached hydrogens (tertiary/aromatic N) is 4. The van der Waals surface area contributed by atoms with E-state index >= 15 is 0 Å². The highest BCUT2D eigenvalue weighted by atomic mass is 16.4. The number of aromatic nitrogens is 4. The van der Waals surface area contributed by atoms with Crippen molar-refractivity contribution in [2.75, 3.05) is 0 Å². The number of pyridine rings is 1. The summed E-state index contributed by atoms with van der Waals surface area (Å²) in [6, 6.07) is 3.87. The number of rotatable bonds is 6. The quantitative estimate of drug-likeness (QED) is 0.852. The van der Waals surface area contributed by atoms with Gasteiger partial charge in [-0.15, -0.1) is 5.10 Å². The van der Waals surface area contributed by atoms with Crippen LogP contribution in [0.15, 0.2) is 24.5 Å². The maximum Gasteiger partial charge on any atom is 0.358 e. The lowest BCUT2D eigenvalue weighted by molar-refractivity contribution is 0.0689. The zero-order valence-electron chi connectivity index (χ0n) is 10.8. The fourth-order valence-electron chi connectivity index (χ4n) is 1.94. The molecule has 100 valence electrons. The molecular weight excluding hydrogens is 244 g/mol. The van der Waals surface area contributed by atoms with Crippen molar-refractivity contribution in [3.8, 4) is 0 Å². The minimum absolute atomic E-state index is 0.0630. The molecule has 0 amide bonds. The van der Waals surface area contributed by atoms with Gasteiger partial charge in [0.2, 0.25) is 0 Å². The van der Waals surface area contributed by atoms with Gasteiger partial charge < -0.3 is 5.11 Å². The highest BCUT2D eigenvalue weighted by Gasteiger charge is 2.17. The molecule has 1 N–H and O–H groups in total. The zero-order chi connectivity index (χ0) is 13.7. The van der Waals surface area contributed by atoms with E-state index in [2.05, 4.69) is 15.3 Å². The first-order chi connectivity index (χ1) is 9.22. The van der Waals surface area contributed by atoms with Crippen LogP contribution in [0.25, 0.3) is 0 Å². The van der Waals surface area contributed by atoms with Crippen molar-refractivity contribution >= 4 is 5.97 Å². The van der Waals surface area contributed by atoms with Gasteiger partial charge in [-0.05, 0) is 24.5 Å². The predicted molar refractivity (Wildman–Crippen MR) is 68.9 cm³/mol. The van der Waals surface area contributed by atoms with E-state index in [-0.39, 0.29) is 5.69 Å². The molecule has 0 unspecified atom stereocenters. The Labute approximate surface area is 111 Å². The van der Waals surface area contributed by atoms with Gasteiger partial charge in [0.05, 0.1) is 5.69 Å². The SMILES string of the molecule is CCCc1c(C(=O)O)nnn1CCc1cccnc1. The molecule has 0 aliphatic carbocycles. The maximum absolute atomic E-state index is 11.1. The van der Waals surface area contributed by atoms with Crippen LogP contribution in [0.1, 0.15) is 35.1 Å². The molecule has 2 aromatic rings. The van der Waals surface area contributed by atoms with Crippen molar-refractivity contribution < 1.29 is 9.90 Å². The Morgan fingerprint density at radius 1 is 1.42 bits per heavy atom. The molecule has 0 aromatic carbocycles. The number of carbonyl (C=O) groups is 1. The maximum atomic E-state index is 11.1. The number of aryl methyl sites for hydroxylation is 2. The number of hydrogen-bond donors (Lipinski definition) is 1. The lowest BCUT2D eigenvalue weighted by Gasteiger charge is -2.06. The summed E-state index contributed by atoms with van der Waals surface area (Å²) in [5.41, 5.74) is 1.85. The Morgan fingerprint density at radius 2 is 2.26 bits per heavy atom. The summed E-state index contributed by atoms with van der Waals surface area (Å²) in [7, 11) is 0. The zero-order valence-corrected chi connectivity index (χ0v) is 10.8. The Balaban J connectivity index is 2.14. The first-order valence-electron chi connectivity index (χ1n) is 6.27. The van der Waals surface area contributed by atoms with Crippen molar-refractivity contribution in [2.45, 2.75) is 32.7 Å². The van der Waals surface area contributed by atoms with E-state index in [1.165, 1.54) is 0 Å². The molecule has 2 aromatic heterocycles. The van der Waals surface area contributed by atoms with Crippen molar-refractivity contribution in [3.05, 3.63) is 41.5 Å². The number of carboxylic acid groups (broad SMARTS) is 1. The van der Waals surface area contributed by atoms with Gasteiger partial charge in [-0.3, -0.25) is 4.98 Å². The van der Waals surface area contributed by atoms with Gasteiger partial charge in [-0.2, -0.15) is 0 Å². The van der Waals surface area contributed by atoms with E-state index in [9.17, 15) is 4.79 Å². The van der Waals surface area contributed by atoms with Gasteiger partial charge in [0.25, 0.3) is 0 Å². The second kappa shape index (κ2) is 6.08. The molecule has 0 aliphatic rings. The number of hydrogen-bond acceptors (Lipinski definition) is 4. The molecule has 0 fully saturated rings. The molecule has 2 rings (SSSR count). The summed E-state index contributed by atoms with van der Waals surface area (Å²) < 4.78 is 1.68. The highest BCUT2D eigenvalue weighted by Crippen LogP contribution is 2.10. The molecule has 0 atom stereocenters. The molecule has 0 bridgehead atoms. The third-order valence-corrected chi connectivity index (χ3v) is 2.86. The van der Waals surface area contributed by atoms with E-state index in [1.807, 2.05) is 19.1 Å². The molecular formula is C13H16N4O2. The molecule has 6 nitrogen and oxygen atoms in total. The Kier molecular flexibility index (Phi) is 4.22. The summed E-state index contributed by atoms with van der Waals surface area (Å²) >= 11 is 0. The van der Waals surface area contributed by atoms with Crippen LogP contribution in [0, 0.1) is 0 Å². The van der Waals surface area contributed by atoms with Crippen molar-refractivity contribution in [2.24, 2.45) is 0 Å². The molecule has 2 heterocycles. The summed E-state index contributed by atoms with van der Waals surface area (Å²) in [4.78, 5) is 15.1. The second-order valence-corrected chi connectivity index (χ2v) is 4.27. The van der Waals surface area contributed by atoms with E-state index in [0.29, 0.717) is 18.7 Å². The molecule has 6 heteroatoms. The van der Waals surface area contributed by atoms with Gasteiger partial charge in [-0.25, -0.2) is 9.48 Å². The minimum Gasteiger partial charge on any atom is -0.476 e. The Hall–Kier alpha value is -2.24. The fraction of sp³-hybridized carbons (Fsp3) is 0.385. The van der Waals surface area contributed by atoms with Crippen LogP contribution in [0.4, 0.5) is 0 Å². The summed E-state index contributed by atoms with van der Waals surface area (Å²) in [6.45, 7) is 2.62. The molecule has 0 spiro atoms. The summed E-state index contributed by atoms with van der Waals surface area (Å²) in [5, 5.41) is 16.7. The van der Waals surface area contributed by atoms with Crippen LogP contribution in [0.2, 0.25) is 0 Å². The molecule has 0 saturated heterocycles. The topological polar surface area (TPSA) is 80.9 Å². The average Bonchev–Trinajstić information content (AvgIpc) is 2.81. The van der Waals surface area contributed by atoms with E-state index in [4.69, 9.17) is 5.11 Å². The largest absolute Gasteiger partial charge is 0.476 e. The molecule has 0 saturated carbocycles. The number of aromatic carboxylic acids is 1. The van der Waals surface area contributed by atoms with Crippen molar-refractivity contribution in [3.63, 3.8) is 0 Å². The van der Waals surface area contributed by atoms with Crippen LogP contribution in [0.3, 0.4) is 0 Å². The van der Waals surface area contributed by atoms with Crippen LogP contribution < -0.4 is 0 Å². The van der Waals surface area contributed by atoms with Gasteiger partial charge >= 0.3 is 5.97 Å². The van der Waals surface area contributed by atoms with Crippen molar-refractivity contribution in [1.29, 1.82) is 0 Å². The van der Waals surface area contributed by atoms with Gasteiger partial charge in [0.1, 0.15) is 0 Å². The first-order valence-corrected chi connectivity index (χ1v) is 6.27. The normalized spacial score (nSPS) is 10.6. The standard InChI is InChI=1S/C13H16N4O2/c1-2-4-11-12(13(18)19)15-16-17(11)8-6-10-5-3-7-14-9-10/h3,5,7,9H,2,4,6,8H2,1H3,(H,18,19). The first kappa shape index (κ1) is 13.2. The smallest absolute Gasteiger partial charge is 0.358 e. The predicted octanol–water partition coefficient (Wildman–Crippen LogP) is 1.57. The summed E-state index contributed by atoms with van der Waals surface area (Å²) in [6.07, 6.45) is 5.81. The lowest BCUT2D eigenvalue weighted by atomic mass is 10.2. The minimum atomic E-state index is -1.02. The van der Waals surface area contributed by atoms with Crippen LogP contribution in [-0.4, -0.2) is 31.1 Å². The van der Waals surface area contributed by atoms with Crippen molar-refractivity contribution in [1.82, 2.24) is 20.0 Å². The van der Waals surface area contributed by atoms with E-state index in [0.717, 1.165) is 18.4 Å². The Bertz CT molecular complexity index is 551. The van der Waals surface area contributed by atoms with E-state index in [1.54, 1.807) is 17.1 Å². The molecule has 19 heavy (non-hydrogen) atoms. The summed E-state index contributed by atoms with van der Waals surface area (Å²) in [5.74, 6) is -1.02. The Morgan fingerprint density at radius 3 is 2.89 bits per heavy atom. The number of carboxylic acids is 1. The van der Waals surface area contributed by atoms with Crippen LogP contribution >= 0.6 is 0 Å². The molecule has 0 aliphatic heterocycles. The average molecular weight is 260 g/mol. The third kappa shape index (κ3) is 3.15. The van der Waals surface area contributed by atoms with Gasteiger partial charge in [-0.1, -0.05) is 24.6 Å². The van der Waals surface area contributed by atoms with Crippen LogP contribution in [-0.2, 0) is 19.4 Å². The lowest BCUT2D eigenvalue weighted by Crippen LogP contribution is -2.10. The van der Waals surface area contributed by atoms with Gasteiger partial charge in [0.15, 0.2) is 5.69 Å². The monoisotopic (exact) mass is 260 g/mol. The second-order valence-electron chi connectivity index (χ2n) is 4.27. The van der Waals surface area contributed by atoms with Gasteiger partial charge in [0, 0.05) is 18.9 Å². The van der Waals surface area contributed by atoms with E-state index < -0.39 is 5.97 Å². The fourth-order valence-corrected chi connectivity index (χ4v) is 1.94. The molecule has 0 radical (unpaired) electrons. The van der Waals surface area contributed by atoms with Crippen LogP contribution in [0.5, 0.6) is 0 Å². The third-order valence-electron chi connectivity index (χ3n) is 2.86. The highest BCUT2D eigenvalue weighted by molar-refractivity contribution is 5.86.